The highest BCUT2D eigenvalue weighted by molar-refractivity contribution is 9.10. The maximum atomic E-state index is 12.1. The predicted octanol–water partition coefficient (Wildman–Crippen LogP) is 3.74. The lowest BCUT2D eigenvalue weighted by molar-refractivity contribution is 0.102. The zero-order chi connectivity index (χ0) is 13.8. The molecule has 1 heterocycles. The molecule has 0 aliphatic heterocycles. The number of aromatic amines is 1. The van der Waals surface area contributed by atoms with E-state index in [4.69, 9.17) is 4.74 Å². The molecule has 0 saturated carbocycles. The van der Waals surface area contributed by atoms with E-state index in [-0.39, 0.29) is 5.91 Å². The van der Waals surface area contributed by atoms with Crippen molar-refractivity contribution in [3.05, 3.63) is 46.2 Å². The number of carbonyl (C=O) groups is 1. The normalized spacial score (nSPS) is 10.3. The molecule has 0 saturated heterocycles. The Morgan fingerprint density at radius 2 is 2.21 bits per heavy atom. The van der Waals surface area contributed by atoms with Gasteiger partial charge in [0.15, 0.2) is 0 Å². The summed E-state index contributed by atoms with van der Waals surface area (Å²) in [5, 5.41) is 2.84. The van der Waals surface area contributed by atoms with E-state index in [1.165, 1.54) is 0 Å². The number of amides is 1. The van der Waals surface area contributed by atoms with Crippen molar-refractivity contribution in [2.75, 3.05) is 11.9 Å². The average molecular weight is 323 g/mol. The summed E-state index contributed by atoms with van der Waals surface area (Å²) < 4.78 is 6.37. The van der Waals surface area contributed by atoms with Crippen molar-refractivity contribution < 1.29 is 9.53 Å². The van der Waals surface area contributed by atoms with Gasteiger partial charge in [0, 0.05) is 10.7 Å². The number of anilines is 1. The van der Waals surface area contributed by atoms with E-state index in [1.807, 2.05) is 32.0 Å². The quantitative estimate of drug-likeness (QED) is 0.901. The monoisotopic (exact) mass is 322 g/mol. The molecule has 1 aromatic carbocycles. The van der Waals surface area contributed by atoms with Gasteiger partial charge in [-0.2, -0.15) is 0 Å². The number of halogens is 1. The van der Waals surface area contributed by atoms with Crippen LogP contribution in [0, 0.1) is 6.92 Å². The van der Waals surface area contributed by atoms with Crippen LogP contribution in [0.5, 0.6) is 5.75 Å². The van der Waals surface area contributed by atoms with Gasteiger partial charge in [0.1, 0.15) is 11.4 Å². The van der Waals surface area contributed by atoms with E-state index in [2.05, 4.69) is 26.2 Å². The summed E-state index contributed by atoms with van der Waals surface area (Å²) in [6, 6.07) is 7.41. The summed E-state index contributed by atoms with van der Waals surface area (Å²) >= 11 is 3.30. The van der Waals surface area contributed by atoms with Gasteiger partial charge in [-0.3, -0.25) is 4.79 Å². The molecule has 0 bridgehead atoms. The second-order valence-electron chi connectivity index (χ2n) is 4.12. The Kier molecular flexibility index (Phi) is 4.27. The van der Waals surface area contributed by atoms with Crippen molar-refractivity contribution in [1.29, 1.82) is 0 Å². The lowest BCUT2D eigenvalue weighted by Crippen LogP contribution is -2.13. The zero-order valence-corrected chi connectivity index (χ0v) is 12.4. The van der Waals surface area contributed by atoms with Crippen molar-refractivity contribution >= 4 is 27.5 Å². The van der Waals surface area contributed by atoms with Crippen LogP contribution in [0.15, 0.2) is 34.9 Å². The molecule has 0 fully saturated rings. The highest BCUT2D eigenvalue weighted by Gasteiger charge is 2.11. The van der Waals surface area contributed by atoms with Crippen LogP contribution >= 0.6 is 15.9 Å². The standard InChI is InChI=1S/C14H15BrN2O2/c1-3-19-13-6-9(2)4-5-11(13)17-14(18)12-7-10(15)8-16-12/h4-8,16H,3H2,1-2H3,(H,17,18). The van der Waals surface area contributed by atoms with Gasteiger partial charge in [-0.25, -0.2) is 0 Å². The molecule has 0 aliphatic carbocycles. The minimum absolute atomic E-state index is 0.199. The van der Waals surface area contributed by atoms with E-state index >= 15 is 0 Å². The number of ether oxygens (including phenoxy) is 1. The Bertz CT molecular complexity index is 593. The van der Waals surface area contributed by atoms with Crippen LogP contribution < -0.4 is 10.1 Å². The Hall–Kier alpha value is -1.75. The van der Waals surface area contributed by atoms with Crippen molar-refractivity contribution in [1.82, 2.24) is 4.98 Å². The first-order valence-corrected chi connectivity index (χ1v) is 6.78. The molecular formula is C14H15BrN2O2. The molecule has 0 atom stereocenters. The van der Waals surface area contributed by atoms with E-state index in [9.17, 15) is 4.79 Å². The Balaban J connectivity index is 2.20. The van der Waals surface area contributed by atoms with Crippen LogP contribution in [0.25, 0.3) is 0 Å². The summed E-state index contributed by atoms with van der Waals surface area (Å²) in [5.41, 5.74) is 2.25. The Morgan fingerprint density at radius 1 is 1.42 bits per heavy atom. The second-order valence-corrected chi connectivity index (χ2v) is 5.03. The van der Waals surface area contributed by atoms with E-state index < -0.39 is 0 Å². The number of hydrogen-bond acceptors (Lipinski definition) is 2. The van der Waals surface area contributed by atoms with Gasteiger partial charge in [0.2, 0.25) is 0 Å². The number of H-pyrrole nitrogens is 1. The third-order valence-electron chi connectivity index (χ3n) is 2.58. The van der Waals surface area contributed by atoms with Crippen molar-refractivity contribution in [2.45, 2.75) is 13.8 Å². The third kappa shape index (κ3) is 3.38. The van der Waals surface area contributed by atoms with Gasteiger partial charge in [0.25, 0.3) is 5.91 Å². The van der Waals surface area contributed by atoms with Crippen molar-refractivity contribution in [3.8, 4) is 5.75 Å². The zero-order valence-electron chi connectivity index (χ0n) is 10.8. The summed E-state index contributed by atoms with van der Waals surface area (Å²) in [6.45, 7) is 4.45. The smallest absolute Gasteiger partial charge is 0.272 e. The fourth-order valence-corrected chi connectivity index (χ4v) is 2.04. The molecule has 5 heteroatoms. The van der Waals surface area contributed by atoms with E-state index in [1.54, 1.807) is 12.3 Å². The average Bonchev–Trinajstić information content (AvgIpc) is 2.80. The molecule has 1 aromatic heterocycles. The molecule has 2 rings (SSSR count). The minimum atomic E-state index is -0.199. The molecule has 2 N–H and O–H groups in total. The molecular weight excluding hydrogens is 308 g/mol. The fraction of sp³-hybridized carbons (Fsp3) is 0.214. The highest BCUT2D eigenvalue weighted by Crippen LogP contribution is 2.26. The second kappa shape index (κ2) is 5.93. The third-order valence-corrected chi connectivity index (χ3v) is 3.04. The maximum Gasteiger partial charge on any atom is 0.272 e. The van der Waals surface area contributed by atoms with Gasteiger partial charge in [-0.15, -0.1) is 0 Å². The first-order chi connectivity index (χ1) is 9.10. The molecule has 0 aliphatic rings. The van der Waals surface area contributed by atoms with Crippen LogP contribution in [-0.4, -0.2) is 17.5 Å². The van der Waals surface area contributed by atoms with E-state index in [0.29, 0.717) is 23.7 Å². The largest absolute Gasteiger partial charge is 0.492 e. The molecule has 0 spiro atoms. The van der Waals surface area contributed by atoms with Crippen LogP contribution in [0.3, 0.4) is 0 Å². The van der Waals surface area contributed by atoms with Gasteiger partial charge in [-0.05, 0) is 53.5 Å². The lowest BCUT2D eigenvalue weighted by Gasteiger charge is -2.11. The highest BCUT2D eigenvalue weighted by atomic mass is 79.9. The Labute approximate surface area is 120 Å². The minimum Gasteiger partial charge on any atom is -0.492 e. The molecule has 0 radical (unpaired) electrons. The SMILES string of the molecule is CCOc1cc(C)ccc1NC(=O)c1cc(Br)c[nH]1. The lowest BCUT2D eigenvalue weighted by atomic mass is 10.2. The number of nitrogens with one attached hydrogen (secondary N) is 2. The first-order valence-electron chi connectivity index (χ1n) is 5.99. The number of benzene rings is 1. The summed E-state index contributed by atoms with van der Waals surface area (Å²) in [4.78, 5) is 14.9. The molecule has 0 unspecified atom stereocenters. The summed E-state index contributed by atoms with van der Waals surface area (Å²) in [7, 11) is 0. The van der Waals surface area contributed by atoms with Crippen LogP contribution in [0.1, 0.15) is 23.0 Å². The van der Waals surface area contributed by atoms with Crippen LogP contribution in [0.4, 0.5) is 5.69 Å². The van der Waals surface area contributed by atoms with Gasteiger partial charge in [-0.1, -0.05) is 6.07 Å². The fourth-order valence-electron chi connectivity index (χ4n) is 1.70. The molecule has 19 heavy (non-hydrogen) atoms. The number of carbonyl (C=O) groups excluding carboxylic acids is 1. The topological polar surface area (TPSA) is 54.1 Å². The van der Waals surface area contributed by atoms with Gasteiger partial charge in [0.05, 0.1) is 12.3 Å². The van der Waals surface area contributed by atoms with Crippen LogP contribution in [-0.2, 0) is 0 Å². The summed E-state index contributed by atoms with van der Waals surface area (Å²) in [5.74, 6) is 0.483. The van der Waals surface area contributed by atoms with Gasteiger partial charge < -0.3 is 15.0 Å². The molecule has 4 nitrogen and oxygen atoms in total. The number of hydrogen-bond donors (Lipinski definition) is 2. The number of rotatable bonds is 4. The summed E-state index contributed by atoms with van der Waals surface area (Å²) in [6.07, 6.45) is 1.72. The maximum absolute atomic E-state index is 12.1. The Morgan fingerprint density at radius 3 is 2.84 bits per heavy atom. The van der Waals surface area contributed by atoms with Gasteiger partial charge >= 0.3 is 0 Å². The molecule has 100 valence electrons. The number of aromatic nitrogens is 1. The van der Waals surface area contributed by atoms with Crippen molar-refractivity contribution in [3.63, 3.8) is 0 Å². The molecule has 1 amide bonds. The molecule has 2 aromatic rings. The first kappa shape index (κ1) is 13.7. The predicted molar refractivity (Wildman–Crippen MR) is 78.8 cm³/mol. The number of aryl methyl sites for hydroxylation is 1. The van der Waals surface area contributed by atoms with Crippen molar-refractivity contribution in [2.24, 2.45) is 0 Å². The van der Waals surface area contributed by atoms with E-state index in [0.717, 1.165) is 10.0 Å². The van der Waals surface area contributed by atoms with Crippen LogP contribution in [0.2, 0.25) is 0 Å².